The fraction of sp³-hybridized carbons (Fsp3) is 0.571. The number of nitrogen functional groups attached to an aromatic ring is 1. The maximum Gasteiger partial charge on any atom is 0.146 e. The van der Waals surface area contributed by atoms with Crippen molar-refractivity contribution in [3.8, 4) is 0 Å². The third kappa shape index (κ3) is 1.88. The zero-order valence-corrected chi connectivity index (χ0v) is 10.1. The van der Waals surface area contributed by atoms with Gasteiger partial charge in [-0.25, -0.2) is 4.39 Å². The van der Waals surface area contributed by atoms with Gasteiger partial charge in [-0.2, -0.15) is 0 Å². The summed E-state index contributed by atoms with van der Waals surface area (Å²) in [5.74, 6) is -0.318. The van der Waals surface area contributed by atoms with Gasteiger partial charge < -0.3 is 10.6 Å². The van der Waals surface area contributed by atoms with Crippen LogP contribution < -0.4 is 10.6 Å². The molecule has 2 fully saturated rings. The van der Waals surface area contributed by atoms with Gasteiger partial charge in [0.25, 0.3) is 0 Å². The Labute approximate surface area is 102 Å². The fourth-order valence-electron chi connectivity index (χ4n) is 3.29. The fourth-order valence-corrected chi connectivity index (χ4v) is 3.29. The second kappa shape index (κ2) is 3.90. The van der Waals surface area contributed by atoms with Gasteiger partial charge in [0.2, 0.25) is 0 Å². The number of benzene rings is 1. The van der Waals surface area contributed by atoms with Gasteiger partial charge in [0.05, 0.1) is 5.69 Å². The Morgan fingerprint density at radius 2 is 1.82 bits per heavy atom. The minimum absolute atomic E-state index is 0.257. The summed E-state index contributed by atoms with van der Waals surface area (Å²) < 4.78 is 13.1. The number of nitrogens with two attached hydrogens (primary N) is 1. The molecule has 1 aromatic carbocycles. The van der Waals surface area contributed by atoms with E-state index in [0.29, 0.717) is 5.41 Å². The van der Waals surface area contributed by atoms with Gasteiger partial charge in [-0.3, -0.25) is 0 Å². The summed E-state index contributed by atoms with van der Waals surface area (Å²) in [7, 11) is 0. The van der Waals surface area contributed by atoms with E-state index >= 15 is 0 Å². The summed E-state index contributed by atoms with van der Waals surface area (Å²) in [6.07, 6.45) is 6.87. The van der Waals surface area contributed by atoms with Crippen LogP contribution in [0.3, 0.4) is 0 Å². The van der Waals surface area contributed by atoms with Crippen LogP contribution in [0.5, 0.6) is 0 Å². The Hall–Kier alpha value is -1.25. The maximum atomic E-state index is 13.1. The third-order valence-corrected chi connectivity index (χ3v) is 4.31. The van der Waals surface area contributed by atoms with E-state index in [0.717, 1.165) is 18.8 Å². The Morgan fingerprint density at radius 3 is 2.47 bits per heavy atom. The number of anilines is 2. The average molecular weight is 234 g/mol. The molecule has 1 saturated heterocycles. The van der Waals surface area contributed by atoms with Crippen LogP contribution in [0.2, 0.25) is 0 Å². The number of rotatable bonds is 1. The number of hydrogen-bond acceptors (Lipinski definition) is 2. The minimum atomic E-state index is -0.318. The molecule has 0 atom stereocenters. The first-order valence-electron chi connectivity index (χ1n) is 6.49. The van der Waals surface area contributed by atoms with Crippen LogP contribution in [-0.4, -0.2) is 13.1 Å². The van der Waals surface area contributed by atoms with Crippen LogP contribution in [0.1, 0.15) is 32.1 Å². The zero-order chi connectivity index (χ0) is 11.9. The first-order chi connectivity index (χ1) is 8.19. The van der Waals surface area contributed by atoms with Crippen molar-refractivity contribution in [2.75, 3.05) is 23.7 Å². The molecule has 2 N–H and O–H groups in total. The highest BCUT2D eigenvalue weighted by atomic mass is 19.1. The highest BCUT2D eigenvalue weighted by Crippen LogP contribution is 2.45. The third-order valence-electron chi connectivity index (χ3n) is 4.31. The number of nitrogens with zero attached hydrogens (tertiary/aromatic N) is 1. The second-order valence-electron chi connectivity index (χ2n) is 5.62. The lowest BCUT2D eigenvalue weighted by molar-refractivity contribution is 0.139. The molecule has 1 aromatic rings. The van der Waals surface area contributed by atoms with Gasteiger partial charge in [-0.1, -0.05) is 19.3 Å². The summed E-state index contributed by atoms with van der Waals surface area (Å²) >= 11 is 0. The highest BCUT2D eigenvalue weighted by Gasteiger charge is 2.43. The summed E-state index contributed by atoms with van der Waals surface area (Å²) in [5.41, 5.74) is 7.49. The van der Waals surface area contributed by atoms with E-state index < -0.39 is 0 Å². The average Bonchev–Trinajstić information content (AvgIpc) is 2.31. The Kier molecular flexibility index (Phi) is 2.49. The van der Waals surface area contributed by atoms with Gasteiger partial charge >= 0.3 is 0 Å². The lowest BCUT2D eigenvalue weighted by Crippen LogP contribution is -2.57. The SMILES string of the molecule is Nc1cc(N2CC3(CCCCC3)C2)ccc1F. The van der Waals surface area contributed by atoms with Gasteiger partial charge in [0.15, 0.2) is 0 Å². The Balaban J connectivity index is 1.70. The number of hydrogen-bond donors (Lipinski definition) is 1. The van der Waals surface area contributed by atoms with Crippen molar-refractivity contribution < 1.29 is 4.39 Å². The Morgan fingerprint density at radius 1 is 1.12 bits per heavy atom. The zero-order valence-electron chi connectivity index (χ0n) is 10.1. The molecule has 1 heterocycles. The molecule has 2 nitrogen and oxygen atoms in total. The summed E-state index contributed by atoms with van der Waals surface area (Å²) in [5, 5.41) is 0. The number of halogens is 1. The topological polar surface area (TPSA) is 29.3 Å². The molecule has 0 radical (unpaired) electrons. The van der Waals surface area contributed by atoms with Crippen molar-refractivity contribution in [2.45, 2.75) is 32.1 Å². The van der Waals surface area contributed by atoms with E-state index in [2.05, 4.69) is 4.90 Å². The van der Waals surface area contributed by atoms with Crippen molar-refractivity contribution >= 4 is 11.4 Å². The molecule has 92 valence electrons. The lowest BCUT2D eigenvalue weighted by atomic mass is 9.68. The van der Waals surface area contributed by atoms with Gasteiger partial charge in [-0.15, -0.1) is 0 Å². The normalized spacial score (nSPS) is 22.5. The van der Waals surface area contributed by atoms with E-state index in [1.165, 1.54) is 38.2 Å². The molecule has 2 aliphatic rings. The van der Waals surface area contributed by atoms with Crippen molar-refractivity contribution in [1.82, 2.24) is 0 Å². The standard InChI is InChI=1S/C14H19FN2/c15-12-5-4-11(8-13(12)16)17-9-14(10-17)6-2-1-3-7-14/h4-5,8H,1-3,6-7,9-10,16H2. The Bertz CT molecular complexity index is 416. The molecular formula is C14H19FN2. The van der Waals surface area contributed by atoms with Crippen molar-refractivity contribution in [1.29, 1.82) is 0 Å². The van der Waals surface area contributed by atoms with Crippen LogP contribution in [-0.2, 0) is 0 Å². The molecule has 0 amide bonds. The molecule has 1 aliphatic heterocycles. The molecule has 0 unspecified atom stereocenters. The largest absolute Gasteiger partial charge is 0.396 e. The molecule has 3 heteroatoms. The molecule has 0 aromatic heterocycles. The monoisotopic (exact) mass is 234 g/mol. The molecule has 1 spiro atoms. The van der Waals surface area contributed by atoms with E-state index in [1.54, 1.807) is 6.07 Å². The first kappa shape index (κ1) is 10.9. The lowest BCUT2D eigenvalue weighted by Gasteiger charge is -2.53. The van der Waals surface area contributed by atoms with Gasteiger partial charge in [-0.05, 0) is 31.0 Å². The van der Waals surface area contributed by atoms with Gasteiger partial charge in [0, 0.05) is 24.2 Å². The first-order valence-corrected chi connectivity index (χ1v) is 6.49. The highest BCUT2D eigenvalue weighted by molar-refractivity contribution is 5.58. The van der Waals surface area contributed by atoms with E-state index in [1.807, 2.05) is 6.07 Å². The molecule has 17 heavy (non-hydrogen) atoms. The molecule has 1 aliphatic carbocycles. The van der Waals surface area contributed by atoms with Crippen LogP contribution in [0.4, 0.5) is 15.8 Å². The predicted molar refractivity (Wildman–Crippen MR) is 68.5 cm³/mol. The van der Waals surface area contributed by atoms with E-state index in [9.17, 15) is 4.39 Å². The smallest absolute Gasteiger partial charge is 0.146 e. The van der Waals surface area contributed by atoms with Crippen molar-refractivity contribution in [3.63, 3.8) is 0 Å². The summed E-state index contributed by atoms with van der Waals surface area (Å²) in [6, 6.07) is 5.06. The van der Waals surface area contributed by atoms with E-state index in [4.69, 9.17) is 5.73 Å². The molecule has 3 rings (SSSR count). The minimum Gasteiger partial charge on any atom is -0.396 e. The molecule has 1 saturated carbocycles. The molecule has 0 bridgehead atoms. The maximum absolute atomic E-state index is 13.1. The quantitative estimate of drug-likeness (QED) is 0.756. The van der Waals surface area contributed by atoms with Gasteiger partial charge in [0.1, 0.15) is 5.82 Å². The van der Waals surface area contributed by atoms with Crippen molar-refractivity contribution in [3.05, 3.63) is 24.0 Å². The molecular weight excluding hydrogens is 215 g/mol. The second-order valence-corrected chi connectivity index (χ2v) is 5.62. The summed E-state index contributed by atoms with van der Waals surface area (Å²) in [6.45, 7) is 2.25. The van der Waals surface area contributed by atoms with Crippen molar-refractivity contribution in [2.24, 2.45) is 5.41 Å². The van der Waals surface area contributed by atoms with Crippen LogP contribution in [0, 0.1) is 11.2 Å². The van der Waals surface area contributed by atoms with Crippen LogP contribution in [0.25, 0.3) is 0 Å². The van der Waals surface area contributed by atoms with Crippen LogP contribution >= 0.6 is 0 Å². The van der Waals surface area contributed by atoms with E-state index in [-0.39, 0.29) is 11.5 Å². The summed E-state index contributed by atoms with van der Waals surface area (Å²) in [4.78, 5) is 2.32. The van der Waals surface area contributed by atoms with Crippen LogP contribution in [0.15, 0.2) is 18.2 Å². The predicted octanol–water partition coefficient (Wildman–Crippen LogP) is 3.18.